The lowest BCUT2D eigenvalue weighted by atomic mass is 9.89. The van der Waals surface area contributed by atoms with Crippen LogP contribution in [0.2, 0.25) is 0 Å². The van der Waals surface area contributed by atoms with Crippen molar-refractivity contribution >= 4 is 11.6 Å². The molecule has 2 fully saturated rings. The van der Waals surface area contributed by atoms with E-state index >= 15 is 0 Å². The van der Waals surface area contributed by atoms with Gasteiger partial charge in [0.25, 0.3) is 5.69 Å². The number of nitro benzene ring substituents is 1. The van der Waals surface area contributed by atoms with Crippen LogP contribution < -0.4 is 0 Å². The van der Waals surface area contributed by atoms with Gasteiger partial charge in [0.05, 0.1) is 10.8 Å². The number of hydrogen-bond donors (Lipinski definition) is 0. The van der Waals surface area contributed by atoms with Crippen LogP contribution in [0, 0.1) is 22.0 Å². The second kappa shape index (κ2) is 10.1. The van der Waals surface area contributed by atoms with Crippen molar-refractivity contribution in [2.24, 2.45) is 11.8 Å². The quantitative estimate of drug-likeness (QED) is 0.516. The predicted octanol–water partition coefficient (Wildman–Crippen LogP) is 4.29. The number of rotatable bonds is 6. The molecule has 2 saturated heterocycles. The summed E-state index contributed by atoms with van der Waals surface area (Å²) < 4.78 is 0. The maximum absolute atomic E-state index is 13.2. The summed E-state index contributed by atoms with van der Waals surface area (Å²) >= 11 is 0. The van der Waals surface area contributed by atoms with E-state index in [1.807, 2.05) is 6.07 Å². The van der Waals surface area contributed by atoms with Gasteiger partial charge in [0, 0.05) is 38.3 Å². The maximum Gasteiger partial charge on any atom is 0.269 e. The molecule has 2 heterocycles. The average Bonchev–Trinajstić information content (AvgIpc) is 2.80. The van der Waals surface area contributed by atoms with Crippen LogP contribution in [0.5, 0.6) is 0 Å². The first-order valence-electron chi connectivity index (χ1n) is 11.4. The number of carbonyl (C=O) groups is 1. The molecular formula is C25H31N3O3. The molecule has 0 saturated carbocycles. The van der Waals surface area contributed by atoms with E-state index < -0.39 is 0 Å². The van der Waals surface area contributed by atoms with Gasteiger partial charge < -0.3 is 4.90 Å². The van der Waals surface area contributed by atoms with Gasteiger partial charge in [-0.05, 0) is 55.7 Å². The molecule has 2 aliphatic heterocycles. The first-order valence-corrected chi connectivity index (χ1v) is 11.4. The summed E-state index contributed by atoms with van der Waals surface area (Å²) in [6.45, 7) is 4.05. The van der Waals surface area contributed by atoms with Crippen molar-refractivity contribution in [2.75, 3.05) is 26.2 Å². The Balaban J connectivity index is 1.28. The molecular weight excluding hydrogens is 390 g/mol. The summed E-state index contributed by atoms with van der Waals surface area (Å²) in [7, 11) is 0. The Morgan fingerprint density at radius 2 is 1.71 bits per heavy atom. The predicted molar refractivity (Wildman–Crippen MR) is 121 cm³/mol. The second-order valence-electron chi connectivity index (χ2n) is 8.96. The number of carbonyl (C=O) groups excluding carboxylic acids is 1. The molecule has 2 aromatic carbocycles. The van der Waals surface area contributed by atoms with Crippen molar-refractivity contribution in [1.29, 1.82) is 0 Å². The SMILES string of the molecule is O=C([C@@H]1CCCN(Cc2cccc([N+](=O)[O-])c2)C1)N1CCC(Cc2ccccc2)CC1. The minimum Gasteiger partial charge on any atom is -0.342 e. The fourth-order valence-corrected chi connectivity index (χ4v) is 4.99. The van der Waals surface area contributed by atoms with Crippen LogP contribution in [0.1, 0.15) is 36.8 Å². The minimum absolute atomic E-state index is 0.0399. The molecule has 6 nitrogen and oxygen atoms in total. The van der Waals surface area contributed by atoms with Crippen molar-refractivity contribution in [3.05, 3.63) is 75.8 Å². The fraction of sp³-hybridized carbons (Fsp3) is 0.480. The molecule has 0 spiro atoms. The Morgan fingerprint density at radius 3 is 2.45 bits per heavy atom. The monoisotopic (exact) mass is 421 g/mol. The van der Waals surface area contributed by atoms with E-state index in [2.05, 4.69) is 40.1 Å². The zero-order valence-electron chi connectivity index (χ0n) is 18.0. The highest BCUT2D eigenvalue weighted by Gasteiger charge is 2.31. The first-order chi connectivity index (χ1) is 15.1. The Hall–Kier alpha value is -2.73. The Kier molecular flexibility index (Phi) is 6.97. The molecule has 4 rings (SSSR count). The van der Waals surface area contributed by atoms with Gasteiger partial charge in [0.1, 0.15) is 0 Å². The number of piperidine rings is 2. The molecule has 0 aliphatic carbocycles. The van der Waals surface area contributed by atoms with Crippen molar-refractivity contribution in [2.45, 2.75) is 38.6 Å². The van der Waals surface area contributed by atoms with Crippen LogP contribution in [0.15, 0.2) is 54.6 Å². The van der Waals surface area contributed by atoms with Crippen molar-refractivity contribution < 1.29 is 9.72 Å². The van der Waals surface area contributed by atoms with E-state index in [1.54, 1.807) is 12.1 Å². The van der Waals surface area contributed by atoms with Crippen molar-refractivity contribution in [3.8, 4) is 0 Å². The summed E-state index contributed by atoms with van der Waals surface area (Å²) in [5.41, 5.74) is 2.45. The highest BCUT2D eigenvalue weighted by Crippen LogP contribution is 2.26. The zero-order chi connectivity index (χ0) is 21.6. The Morgan fingerprint density at radius 1 is 0.968 bits per heavy atom. The third kappa shape index (κ3) is 5.70. The summed E-state index contributed by atoms with van der Waals surface area (Å²) in [5.74, 6) is 0.989. The molecule has 31 heavy (non-hydrogen) atoms. The largest absolute Gasteiger partial charge is 0.342 e. The number of likely N-dealkylation sites (tertiary alicyclic amines) is 2. The van der Waals surface area contributed by atoms with Gasteiger partial charge in [0.15, 0.2) is 0 Å². The lowest BCUT2D eigenvalue weighted by molar-refractivity contribution is -0.384. The van der Waals surface area contributed by atoms with Gasteiger partial charge in [-0.1, -0.05) is 42.5 Å². The molecule has 164 valence electrons. The van der Waals surface area contributed by atoms with Crippen molar-refractivity contribution in [1.82, 2.24) is 9.80 Å². The van der Waals surface area contributed by atoms with Crippen LogP contribution >= 0.6 is 0 Å². The number of non-ortho nitro benzene ring substituents is 1. The summed E-state index contributed by atoms with van der Waals surface area (Å²) in [6, 6.07) is 17.4. The number of amides is 1. The van der Waals surface area contributed by atoms with Gasteiger partial charge in [-0.3, -0.25) is 19.8 Å². The topological polar surface area (TPSA) is 66.7 Å². The summed E-state index contributed by atoms with van der Waals surface area (Å²) in [6.07, 6.45) is 5.18. The van der Waals surface area contributed by atoms with Crippen LogP contribution in [0.25, 0.3) is 0 Å². The van der Waals surface area contributed by atoms with Gasteiger partial charge in [-0.15, -0.1) is 0 Å². The maximum atomic E-state index is 13.2. The molecule has 6 heteroatoms. The van der Waals surface area contributed by atoms with E-state index in [9.17, 15) is 14.9 Å². The standard InChI is InChI=1S/C25H31N3O3/c29-25(27-14-11-21(12-15-27)16-20-6-2-1-3-7-20)23-9-5-13-26(19-23)18-22-8-4-10-24(17-22)28(30)31/h1-4,6-8,10,17,21,23H,5,9,11-16,18-19H2/t23-/m1/s1. The molecule has 0 aromatic heterocycles. The summed E-state index contributed by atoms with van der Waals surface area (Å²) in [4.78, 5) is 28.2. The van der Waals surface area contributed by atoms with E-state index in [0.717, 1.165) is 63.8 Å². The van der Waals surface area contributed by atoms with Gasteiger partial charge in [0.2, 0.25) is 5.91 Å². The van der Waals surface area contributed by atoms with Gasteiger partial charge in [-0.2, -0.15) is 0 Å². The molecule has 2 aliphatic rings. The molecule has 0 radical (unpaired) electrons. The molecule has 1 atom stereocenters. The van der Waals surface area contributed by atoms with Gasteiger partial charge in [-0.25, -0.2) is 0 Å². The number of nitro groups is 1. The molecule has 0 unspecified atom stereocenters. The third-order valence-corrected chi connectivity index (χ3v) is 6.68. The highest BCUT2D eigenvalue weighted by atomic mass is 16.6. The molecule has 1 amide bonds. The number of benzene rings is 2. The second-order valence-corrected chi connectivity index (χ2v) is 8.96. The third-order valence-electron chi connectivity index (χ3n) is 6.68. The summed E-state index contributed by atoms with van der Waals surface area (Å²) in [5, 5.41) is 11.0. The van der Waals surface area contributed by atoms with E-state index in [0.29, 0.717) is 18.4 Å². The van der Waals surface area contributed by atoms with Gasteiger partial charge >= 0.3 is 0 Å². The smallest absolute Gasteiger partial charge is 0.269 e. The Bertz CT molecular complexity index is 894. The first kappa shape index (κ1) is 21.5. The van der Waals surface area contributed by atoms with Crippen LogP contribution in [0.4, 0.5) is 5.69 Å². The highest BCUT2D eigenvalue weighted by molar-refractivity contribution is 5.79. The normalized spacial score (nSPS) is 20.5. The van der Waals surface area contributed by atoms with Crippen LogP contribution in [-0.4, -0.2) is 46.8 Å². The lowest BCUT2D eigenvalue weighted by Crippen LogP contribution is -2.47. The number of nitrogens with zero attached hydrogens (tertiary/aromatic N) is 3. The molecule has 0 bridgehead atoms. The average molecular weight is 422 g/mol. The van der Waals surface area contributed by atoms with E-state index in [-0.39, 0.29) is 16.5 Å². The molecule has 2 aromatic rings. The van der Waals surface area contributed by atoms with Crippen LogP contribution in [0.3, 0.4) is 0 Å². The molecule has 0 N–H and O–H groups in total. The number of hydrogen-bond acceptors (Lipinski definition) is 4. The zero-order valence-corrected chi connectivity index (χ0v) is 18.0. The van der Waals surface area contributed by atoms with E-state index in [4.69, 9.17) is 0 Å². The van der Waals surface area contributed by atoms with E-state index in [1.165, 1.54) is 11.6 Å². The fourth-order valence-electron chi connectivity index (χ4n) is 4.99. The van der Waals surface area contributed by atoms with Crippen LogP contribution in [-0.2, 0) is 17.8 Å². The minimum atomic E-state index is -0.354. The van der Waals surface area contributed by atoms with Crippen molar-refractivity contribution in [3.63, 3.8) is 0 Å². The lowest BCUT2D eigenvalue weighted by Gasteiger charge is -2.38. The Labute approximate surface area is 184 Å².